The SMILES string of the molecule is CC(C)CSc1nnc(NC(=O)[C@@H]2CN(S(C)(=O)=O)c3ccccc3O2)s1. The summed E-state index contributed by atoms with van der Waals surface area (Å²) in [6.07, 6.45) is 0.123. The van der Waals surface area contributed by atoms with E-state index in [1.807, 2.05) is 0 Å². The Labute approximate surface area is 166 Å². The molecule has 27 heavy (non-hydrogen) atoms. The number of hydrogen-bond donors (Lipinski definition) is 1. The Morgan fingerprint density at radius 2 is 2.15 bits per heavy atom. The maximum Gasteiger partial charge on any atom is 0.269 e. The minimum atomic E-state index is -3.55. The van der Waals surface area contributed by atoms with E-state index in [1.54, 1.807) is 36.0 Å². The number of ether oxygens (including phenoxy) is 1. The predicted octanol–water partition coefficient (Wildman–Crippen LogP) is 2.45. The summed E-state index contributed by atoms with van der Waals surface area (Å²) in [4.78, 5) is 12.6. The minimum Gasteiger partial charge on any atom is -0.476 e. The van der Waals surface area contributed by atoms with Gasteiger partial charge >= 0.3 is 0 Å². The second-order valence-electron chi connectivity index (χ2n) is 6.44. The van der Waals surface area contributed by atoms with Gasteiger partial charge in [0.15, 0.2) is 10.4 Å². The average molecular weight is 429 g/mol. The monoisotopic (exact) mass is 428 g/mol. The highest BCUT2D eigenvalue weighted by Gasteiger charge is 2.35. The number of nitrogens with one attached hydrogen (secondary N) is 1. The van der Waals surface area contributed by atoms with Gasteiger partial charge in [0.2, 0.25) is 15.2 Å². The van der Waals surface area contributed by atoms with Gasteiger partial charge in [0.05, 0.1) is 18.5 Å². The number of nitrogens with zero attached hydrogens (tertiary/aromatic N) is 3. The molecule has 1 aromatic heterocycles. The third-order valence-electron chi connectivity index (χ3n) is 3.60. The first kappa shape index (κ1) is 19.9. The van der Waals surface area contributed by atoms with Crippen molar-refractivity contribution in [2.45, 2.75) is 24.3 Å². The van der Waals surface area contributed by atoms with Gasteiger partial charge in [-0.05, 0) is 18.1 Å². The van der Waals surface area contributed by atoms with Crippen LogP contribution >= 0.6 is 23.1 Å². The maximum atomic E-state index is 12.6. The molecule has 0 aliphatic carbocycles. The second-order valence-corrected chi connectivity index (χ2v) is 10.6. The lowest BCUT2D eigenvalue weighted by Crippen LogP contribution is -2.48. The van der Waals surface area contributed by atoms with Crippen LogP contribution < -0.4 is 14.4 Å². The van der Waals surface area contributed by atoms with Gasteiger partial charge in [-0.15, -0.1) is 10.2 Å². The predicted molar refractivity (Wildman–Crippen MR) is 107 cm³/mol. The molecule has 0 saturated heterocycles. The van der Waals surface area contributed by atoms with Crippen LogP contribution in [0.5, 0.6) is 5.75 Å². The van der Waals surface area contributed by atoms with Crippen LogP contribution in [0.2, 0.25) is 0 Å². The average Bonchev–Trinajstić information content (AvgIpc) is 3.05. The van der Waals surface area contributed by atoms with Crippen molar-refractivity contribution < 1.29 is 17.9 Å². The molecule has 1 amide bonds. The van der Waals surface area contributed by atoms with Crippen molar-refractivity contribution in [3.05, 3.63) is 24.3 Å². The fraction of sp³-hybridized carbons (Fsp3) is 0.438. The fourth-order valence-electron chi connectivity index (χ4n) is 2.40. The Morgan fingerprint density at radius 1 is 1.41 bits per heavy atom. The van der Waals surface area contributed by atoms with Crippen LogP contribution in [0, 0.1) is 5.92 Å². The number of carbonyl (C=O) groups excluding carboxylic acids is 1. The van der Waals surface area contributed by atoms with E-state index in [-0.39, 0.29) is 6.54 Å². The zero-order valence-corrected chi connectivity index (χ0v) is 17.5. The summed E-state index contributed by atoms with van der Waals surface area (Å²) in [5.41, 5.74) is 0.423. The zero-order valence-electron chi connectivity index (χ0n) is 15.1. The number of hydrogen-bond acceptors (Lipinski definition) is 8. The van der Waals surface area contributed by atoms with E-state index in [4.69, 9.17) is 4.74 Å². The van der Waals surface area contributed by atoms with Crippen molar-refractivity contribution in [2.75, 3.05) is 28.2 Å². The molecule has 2 heterocycles. The maximum absolute atomic E-state index is 12.6. The molecule has 0 fully saturated rings. The summed E-state index contributed by atoms with van der Waals surface area (Å²) >= 11 is 2.86. The van der Waals surface area contributed by atoms with Crippen LogP contribution in [0.25, 0.3) is 0 Å². The van der Waals surface area contributed by atoms with Gasteiger partial charge in [0.1, 0.15) is 5.75 Å². The summed E-state index contributed by atoms with van der Waals surface area (Å²) in [6, 6.07) is 6.73. The zero-order chi connectivity index (χ0) is 19.6. The van der Waals surface area contributed by atoms with Crippen LogP contribution in [0.4, 0.5) is 10.8 Å². The molecule has 0 bridgehead atoms. The number of sulfonamides is 1. The van der Waals surface area contributed by atoms with Crippen molar-refractivity contribution in [1.82, 2.24) is 10.2 Å². The molecular formula is C16H20N4O4S3. The number of carbonyl (C=O) groups is 1. The van der Waals surface area contributed by atoms with Crippen LogP contribution in [0.1, 0.15) is 13.8 Å². The summed E-state index contributed by atoms with van der Waals surface area (Å²) in [5, 5.41) is 11.0. The van der Waals surface area contributed by atoms with Crippen molar-refractivity contribution in [2.24, 2.45) is 5.92 Å². The molecule has 3 rings (SSSR count). The molecule has 1 N–H and O–H groups in total. The largest absolute Gasteiger partial charge is 0.476 e. The quantitative estimate of drug-likeness (QED) is 0.557. The number of anilines is 2. The third kappa shape index (κ3) is 4.90. The summed E-state index contributed by atoms with van der Waals surface area (Å²) < 4.78 is 31.9. The summed E-state index contributed by atoms with van der Waals surface area (Å²) in [7, 11) is -3.55. The first-order valence-electron chi connectivity index (χ1n) is 8.24. The normalized spacial score (nSPS) is 16.7. The molecule has 2 aromatic rings. The van der Waals surface area contributed by atoms with E-state index in [0.717, 1.165) is 16.3 Å². The van der Waals surface area contributed by atoms with Gasteiger partial charge in [-0.3, -0.25) is 14.4 Å². The molecule has 0 spiro atoms. The molecule has 0 unspecified atom stereocenters. The Kier molecular flexibility index (Phi) is 5.92. The molecule has 146 valence electrons. The number of aromatic nitrogens is 2. The lowest BCUT2D eigenvalue weighted by molar-refractivity contribution is -0.122. The molecule has 0 saturated carbocycles. The number of fused-ring (bicyclic) bond motifs is 1. The number of para-hydroxylation sites is 2. The fourth-order valence-corrected chi connectivity index (χ4v) is 5.04. The van der Waals surface area contributed by atoms with E-state index in [9.17, 15) is 13.2 Å². The van der Waals surface area contributed by atoms with E-state index >= 15 is 0 Å². The van der Waals surface area contributed by atoms with Gasteiger partial charge in [-0.2, -0.15) is 0 Å². The molecule has 11 heteroatoms. The molecule has 1 aliphatic rings. The van der Waals surface area contributed by atoms with Crippen LogP contribution in [0.3, 0.4) is 0 Å². The van der Waals surface area contributed by atoms with E-state index in [0.29, 0.717) is 22.5 Å². The summed E-state index contributed by atoms with van der Waals surface area (Å²) in [5.74, 6) is 1.32. The highest BCUT2D eigenvalue weighted by atomic mass is 32.2. The lowest BCUT2D eigenvalue weighted by atomic mass is 10.2. The van der Waals surface area contributed by atoms with Crippen LogP contribution in [-0.4, -0.2) is 49.2 Å². The minimum absolute atomic E-state index is 0.102. The van der Waals surface area contributed by atoms with Crippen molar-refractivity contribution in [3.63, 3.8) is 0 Å². The standard InChI is InChI=1S/C16H20N4O4S3/c1-10(2)9-25-16-19-18-15(26-16)17-14(21)13-8-20(27(3,22)23)11-6-4-5-7-12(11)24-13/h4-7,10,13H,8-9H2,1-3H3,(H,17,18,21)/t13-/m0/s1. The smallest absolute Gasteiger partial charge is 0.269 e. The van der Waals surface area contributed by atoms with E-state index in [2.05, 4.69) is 29.4 Å². The van der Waals surface area contributed by atoms with Gasteiger partial charge in [-0.25, -0.2) is 8.42 Å². The number of rotatable bonds is 6. The molecule has 1 aromatic carbocycles. The van der Waals surface area contributed by atoms with Crippen LogP contribution in [-0.2, 0) is 14.8 Å². The number of benzene rings is 1. The van der Waals surface area contributed by atoms with Gasteiger partial charge in [0.25, 0.3) is 5.91 Å². The number of thioether (sulfide) groups is 1. The van der Waals surface area contributed by atoms with Gasteiger partial charge in [0, 0.05) is 5.75 Å². The van der Waals surface area contributed by atoms with Gasteiger partial charge in [-0.1, -0.05) is 49.1 Å². The highest BCUT2D eigenvalue weighted by molar-refractivity contribution is 8.01. The molecular weight excluding hydrogens is 408 g/mol. The van der Waals surface area contributed by atoms with Crippen molar-refractivity contribution in [1.29, 1.82) is 0 Å². The van der Waals surface area contributed by atoms with Crippen molar-refractivity contribution in [3.8, 4) is 5.75 Å². The molecule has 1 atom stereocenters. The van der Waals surface area contributed by atoms with Crippen molar-refractivity contribution >= 4 is 49.8 Å². The Balaban J connectivity index is 1.72. The van der Waals surface area contributed by atoms with Gasteiger partial charge < -0.3 is 4.74 Å². The first-order chi connectivity index (χ1) is 12.7. The first-order valence-corrected chi connectivity index (χ1v) is 11.9. The molecule has 1 aliphatic heterocycles. The highest BCUT2D eigenvalue weighted by Crippen LogP contribution is 2.35. The van der Waals surface area contributed by atoms with E-state index < -0.39 is 22.0 Å². The molecule has 8 nitrogen and oxygen atoms in total. The second kappa shape index (κ2) is 8.03. The third-order valence-corrected chi connectivity index (χ3v) is 7.15. The topological polar surface area (TPSA) is 101 Å². The number of amides is 1. The molecule has 0 radical (unpaired) electrons. The Hall–Kier alpha value is -1.85. The van der Waals surface area contributed by atoms with Crippen LogP contribution in [0.15, 0.2) is 28.6 Å². The summed E-state index contributed by atoms with van der Waals surface area (Å²) in [6.45, 7) is 4.13. The van der Waals surface area contributed by atoms with E-state index in [1.165, 1.54) is 15.6 Å². The Morgan fingerprint density at radius 3 is 2.85 bits per heavy atom. The Bertz CT molecular complexity index is 929. The lowest BCUT2D eigenvalue weighted by Gasteiger charge is -2.33.